The Hall–Kier alpha value is -19.4. The van der Waals surface area contributed by atoms with Crippen molar-refractivity contribution in [2.45, 2.75) is 0 Å². The lowest BCUT2D eigenvalue weighted by Gasteiger charge is -2.25. The minimum absolute atomic E-state index is 0.118. The number of benzene rings is 14. The second kappa shape index (κ2) is 37.5. The summed E-state index contributed by atoms with van der Waals surface area (Å²) in [5.74, 6) is 1.40. The van der Waals surface area contributed by atoms with Crippen molar-refractivity contribution in [3.63, 3.8) is 0 Å². The zero-order valence-corrected chi connectivity index (χ0v) is 62.0. The highest BCUT2D eigenvalue weighted by Gasteiger charge is 2.37. The van der Waals surface area contributed by atoms with Gasteiger partial charge in [0.1, 0.15) is 69.0 Å². The van der Waals surface area contributed by atoms with Crippen LogP contribution in [0.15, 0.2) is 291 Å². The molecule has 14 aromatic carbocycles. The maximum Gasteiger partial charge on any atom is 0.220 e. The van der Waals surface area contributed by atoms with Gasteiger partial charge < -0.3 is 56.8 Å². The molecule has 14 aromatic rings. The van der Waals surface area contributed by atoms with Gasteiger partial charge in [-0.15, -0.1) is 0 Å². The molecule has 0 unspecified atom stereocenters. The molecule has 0 fully saturated rings. The molecule has 0 radical (unpaired) electrons. The Kier molecular flexibility index (Phi) is 24.6. The van der Waals surface area contributed by atoms with E-state index in [1.807, 2.05) is 0 Å². The summed E-state index contributed by atoms with van der Waals surface area (Å²) in [4.78, 5) is 0. The van der Waals surface area contributed by atoms with Gasteiger partial charge >= 0.3 is 0 Å². The first kappa shape index (κ1) is 78.7. The molecule has 120 heavy (non-hydrogen) atoms. The van der Waals surface area contributed by atoms with Gasteiger partial charge in [0.05, 0.1) is 140 Å². The zero-order chi connectivity index (χ0) is 83.7. The molecule has 564 valence electrons. The molecule has 24 heteroatoms. The van der Waals surface area contributed by atoms with Gasteiger partial charge in [-0.2, -0.15) is 63.1 Å². The summed E-state index contributed by atoms with van der Waals surface area (Å²) in [6, 6.07) is 100. The largest absolute Gasteiger partial charge is 0.449 e. The van der Waals surface area contributed by atoms with Crippen LogP contribution in [0.4, 0.5) is 0 Å². The fourth-order valence-corrected chi connectivity index (χ4v) is 10.9. The van der Waals surface area contributed by atoms with Crippen LogP contribution in [-0.2, 0) is 0 Å². The lowest BCUT2D eigenvalue weighted by molar-refractivity contribution is 0.326. The average Bonchev–Trinajstić information content (AvgIpc) is 0.753. The predicted molar refractivity (Wildman–Crippen MR) is 428 cm³/mol. The number of hydrogen-bond donors (Lipinski definition) is 0. The minimum atomic E-state index is -0.118. The molecule has 0 atom stereocenters. The van der Waals surface area contributed by atoms with Gasteiger partial charge in [0.25, 0.3) is 0 Å². The predicted octanol–water partition coefficient (Wildman–Crippen LogP) is 23.3. The maximum atomic E-state index is 9.54. The number of rotatable bonds is 24. The third-order valence-electron chi connectivity index (χ3n) is 16.9. The molecule has 14 rings (SSSR count). The van der Waals surface area contributed by atoms with E-state index in [1.165, 1.54) is 0 Å². The molecule has 0 aromatic heterocycles. The first-order valence-electron chi connectivity index (χ1n) is 35.4. The van der Waals surface area contributed by atoms with Crippen LogP contribution in [-0.4, -0.2) is 0 Å². The van der Waals surface area contributed by atoms with Gasteiger partial charge in [-0.1, -0.05) is 0 Å². The van der Waals surface area contributed by atoms with Crippen LogP contribution >= 0.6 is 0 Å². The topological polar surface area (TPSA) is 396 Å². The molecular weight excluding hydrogens is 1510 g/mol. The van der Waals surface area contributed by atoms with Gasteiger partial charge in [0, 0.05) is 0 Å². The highest BCUT2D eigenvalue weighted by Crippen LogP contribution is 2.65. The Morgan fingerprint density at radius 3 is 0.208 bits per heavy atom. The van der Waals surface area contributed by atoms with Gasteiger partial charge in [0.15, 0.2) is 0 Å². The van der Waals surface area contributed by atoms with E-state index in [0.29, 0.717) is 66.8 Å². The third-order valence-corrected chi connectivity index (χ3v) is 16.9. The van der Waals surface area contributed by atoms with Gasteiger partial charge in [0.2, 0.25) is 69.0 Å². The lowest BCUT2D eigenvalue weighted by atomic mass is 10.1. The Morgan fingerprint density at radius 1 is 0.100 bits per heavy atom. The van der Waals surface area contributed by atoms with E-state index >= 15 is 0 Å². The molecule has 0 saturated heterocycles. The van der Waals surface area contributed by atoms with Gasteiger partial charge in [-0.25, -0.2) is 0 Å². The second-order valence-corrected chi connectivity index (χ2v) is 24.8. The van der Waals surface area contributed by atoms with E-state index in [2.05, 4.69) is 72.8 Å². The lowest BCUT2D eigenvalue weighted by Crippen LogP contribution is -2.03. The second-order valence-electron chi connectivity index (χ2n) is 24.8. The van der Waals surface area contributed by atoms with E-state index in [4.69, 9.17) is 56.8 Å². The van der Waals surface area contributed by atoms with Crippen LogP contribution < -0.4 is 56.8 Å². The summed E-state index contributed by atoms with van der Waals surface area (Å²) < 4.78 is 79.7. The highest BCUT2D eigenvalue weighted by molar-refractivity contribution is 5.79. The van der Waals surface area contributed by atoms with Crippen molar-refractivity contribution >= 4 is 0 Å². The van der Waals surface area contributed by atoms with E-state index in [-0.39, 0.29) is 138 Å². The van der Waals surface area contributed by atoms with E-state index < -0.39 is 0 Å². The first-order chi connectivity index (χ1) is 58.8. The Balaban J connectivity index is 0.000000207. The monoisotopic (exact) mass is 1560 g/mol. The van der Waals surface area contributed by atoms with Crippen molar-refractivity contribution in [1.29, 1.82) is 63.1 Å². The van der Waals surface area contributed by atoms with Crippen molar-refractivity contribution < 1.29 is 56.8 Å². The highest BCUT2D eigenvalue weighted by atomic mass is 16.6. The molecule has 0 N–H and O–H groups in total. The fourth-order valence-electron chi connectivity index (χ4n) is 10.9. The molecule has 0 heterocycles. The fraction of sp³-hybridized carbons (Fsp3) is 0. The van der Waals surface area contributed by atoms with Crippen molar-refractivity contribution in [3.05, 3.63) is 358 Å². The van der Waals surface area contributed by atoms with Crippen LogP contribution in [0.5, 0.6) is 138 Å². The zero-order valence-electron chi connectivity index (χ0n) is 62.0. The quantitative estimate of drug-likeness (QED) is 0.0542. The van der Waals surface area contributed by atoms with Crippen molar-refractivity contribution in [2.24, 2.45) is 0 Å². The summed E-state index contributed by atoms with van der Waals surface area (Å²) in [7, 11) is 0. The Labute approximate surface area is 685 Å². The summed E-state index contributed by atoms with van der Waals surface area (Å²) >= 11 is 0. The number of nitriles is 12. The standard InChI is InChI=1S/2C48H24N6O6/c2*49-25-31-1-13-37(14-2-31)55-43-44(56-38-15-3-32(26-50)4-16-38)46(58-40-19-7-34(28-52)8-20-40)48(60-42-23-11-36(30-54)12-24-42)47(59-41-21-9-35(29-53)10-22-41)45(43)57-39-17-5-33(27-51)6-18-39/h2*1-24H. The third kappa shape index (κ3) is 19.3. The number of ether oxygens (including phenoxy) is 12. The van der Waals surface area contributed by atoms with Crippen molar-refractivity contribution in [2.75, 3.05) is 0 Å². The van der Waals surface area contributed by atoms with Crippen LogP contribution in [0.1, 0.15) is 66.8 Å². The molecule has 0 saturated carbocycles. The van der Waals surface area contributed by atoms with E-state index in [1.54, 1.807) is 291 Å². The first-order valence-corrected chi connectivity index (χ1v) is 35.4. The molecule has 24 nitrogen and oxygen atoms in total. The average molecular weight is 1560 g/mol. The number of hydrogen-bond acceptors (Lipinski definition) is 24. The summed E-state index contributed by atoms with van der Waals surface area (Å²) in [6.07, 6.45) is 0. The van der Waals surface area contributed by atoms with Gasteiger partial charge in [-0.3, -0.25) is 0 Å². The molecular formula is C96H48N12O12. The molecule has 0 aliphatic heterocycles. The Morgan fingerprint density at radius 2 is 0.158 bits per heavy atom. The van der Waals surface area contributed by atoms with Crippen molar-refractivity contribution in [3.8, 4) is 211 Å². The summed E-state index contributed by atoms with van der Waals surface area (Å²) in [5.41, 5.74) is 4.40. The summed E-state index contributed by atoms with van der Waals surface area (Å²) in [6.45, 7) is 0. The molecule has 0 aliphatic carbocycles. The Bertz CT molecular complexity index is 5200. The van der Waals surface area contributed by atoms with E-state index in [0.717, 1.165) is 0 Å². The smallest absolute Gasteiger partial charge is 0.220 e. The summed E-state index contributed by atoms with van der Waals surface area (Å²) in [5, 5.41) is 114. The van der Waals surface area contributed by atoms with Crippen molar-refractivity contribution in [1.82, 2.24) is 0 Å². The maximum absolute atomic E-state index is 9.54. The van der Waals surface area contributed by atoms with Gasteiger partial charge in [-0.05, 0) is 291 Å². The van der Waals surface area contributed by atoms with Crippen LogP contribution in [0.2, 0.25) is 0 Å². The molecule has 0 aliphatic rings. The molecule has 0 amide bonds. The SMILES string of the molecule is N#Cc1ccc(Oc2c(Oc3ccc(C#N)cc3)c(Oc3ccc(C#N)cc3)c(Oc3ccc(C#N)cc3)c(Oc3ccc(C#N)cc3)c2Oc2ccc(C#N)cc2)cc1.N#Cc1ccc(Oc2c(Oc3ccc(C#N)cc3)c(Oc3ccc(C#N)cc3)c(Oc3ccc(C#N)cc3)c(Oc3ccc(C#N)cc3)c2Oc2ccc(C#N)cc2)cc1. The number of nitrogens with zero attached hydrogens (tertiary/aromatic N) is 12. The van der Waals surface area contributed by atoms with Crippen LogP contribution in [0.3, 0.4) is 0 Å². The molecule has 0 bridgehead atoms. The van der Waals surface area contributed by atoms with Crippen LogP contribution in [0, 0.1) is 136 Å². The normalized spacial score (nSPS) is 9.90. The molecule has 0 spiro atoms. The van der Waals surface area contributed by atoms with E-state index in [9.17, 15) is 63.1 Å². The van der Waals surface area contributed by atoms with Crippen LogP contribution in [0.25, 0.3) is 0 Å². The minimum Gasteiger partial charge on any atom is -0.449 e.